The van der Waals surface area contributed by atoms with Crippen LogP contribution in [0.2, 0.25) is 0 Å². The largest absolute Gasteiger partial charge is 0.501 e. The fourth-order valence-electron chi connectivity index (χ4n) is 0.810. The Kier molecular flexibility index (Phi) is 6.02. The van der Waals surface area contributed by atoms with E-state index in [-0.39, 0.29) is 5.92 Å². The van der Waals surface area contributed by atoms with Gasteiger partial charge >= 0.3 is 5.97 Å². The minimum atomic E-state index is -0.897. The number of rotatable bonds is 6. The predicted octanol–water partition coefficient (Wildman–Crippen LogP) is 2.43. The van der Waals surface area contributed by atoms with Gasteiger partial charge in [0.1, 0.15) is 0 Å². The van der Waals surface area contributed by atoms with Crippen LogP contribution in [0, 0.1) is 5.92 Å². The van der Waals surface area contributed by atoms with Crippen LogP contribution in [0.3, 0.4) is 0 Å². The highest BCUT2D eigenvalue weighted by Crippen LogP contribution is 2.09. The van der Waals surface area contributed by atoms with Gasteiger partial charge in [-0.1, -0.05) is 27.2 Å². The third-order valence-electron chi connectivity index (χ3n) is 1.70. The summed E-state index contributed by atoms with van der Waals surface area (Å²) in [6, 6.07) is 0. The van der Waals surface area contributed by atoms with Gasteiger partial charge in [-0.3, -0.25) is 0 Å². The highest BCUT2D eigenvalue weighted by molar-refractivity contribution is 5.86. The number of aliphatic carboxylic acids is 1. The molecule has 0 radical (unpaired) electrons. The van der Waals surface area contributed by atoms with Gasteiger partial charge in [-0.25, -0.2) is 4.79 Å². The SMILES string of the molecule is CCCCOC=C(C(=O)O)C(C)C. The Bertz CT molecular complexity index is 183. The Morgan fingerprint density at radius 1 is 1.54 bits per heavy atom. The van der Waals surface area contributed by atoms with Crippen molar-refractivity contribution >= 4 is 5.97 Å². The molecule has 0 saturated heterocycles. The van der Waals surface area contributed by atoms with Gasteiger partial charge in [0.05, 0.1) is 18.4 Å². The molecule has 0 unspecified atom stereocenters. The van der Waals surface area contributed by atoms with Crippen molar-refractivity contribution in [2.75, 3.05) is 6.61 Å². The molecule has 1 N–H and O–H groups in total. The maximum atomic E-state index is 10.7. The van der Waals surface area contributed by atoms with Crippen molar-refractivity contribution in [3.63, 3.8) is 0 Å². The number of carbonyl (C=O) groups is 1. The summed E-state index contributed by atoms with van der Waals surface area (Å²) in [6.07, 6.45) is 3.38. The number of carboxylic acid groups (broad SMARTS) is 1. The Hall–Kier alpha value is -0.990. The molecule has 13 heavy (non-hydrogen) atoms. The van der Waals surface area contributed by atoms with Crippen LogP contribution in [0.5, 0.6) is 0 Å². The third kappa shape index (κ3) is 5.28. The van der Waals surface area contributed by atoms with E-state index in [1.54, 1.807) is 0 Å². The fraction of sp³-hybridized carbons (Fsp3) is 0.700. The summed E-state index contributed by atoms with van der Waals surface area (Å²) in [5.41, 5.74) is 0.330. The van der Waals surface area contributed by atoms with Crippen molar-refractivity contribution in [3.8, 4) is 0 Å². The van der Waals surface area contributed by atoms with Crippen LogP contribution >= 0.6 is 0 Å². The molecule has 76 valence electrons. The quantitative estimate of drug-likeness (QED) is 0.393. The molecule has 0 rings (SSSR count). The zero-order valence-electron chi connectivity index (χ0n) is 8.54. The summed E-state index contributed by atoms with van der Waals surface area (Å²) in [5.74, 6) is -0.898. The average Bonchev–Trinajstić information content (AvgIpc) is 2.02. The molecule has 0 aromatic heterocycles. The molecule has 0 aliphatic heterocycles. The first-order valence-corrected chi connectivity index (χ1v) is 4.64. The first kappa shape index (κ1) is 12.0. The normalized spacial score (nSPS) is 11.8. The molecule has 0 aliphatic rings. The minimum absolute atomic E-state index is 0.000809. The number of ether oxygens (including phenoxy) is 1. The highest BCUT2D eigenvalue weighted by Gasteiger charge is 2.11. The van der Waals surface area contributed by atoms with Crippen LogP contribution in [0.1, 0.15) is 33.6 Å². The fourth-order valence-corrected chi connectivity index (χ4v) is 0.810. The lowest BCUT2D eigenvalue weighted by molar-refractivity contribution is -0.133. The summed E-state index contributed by atoms with van der Waals surface area (Å²) in [6.45, 7) is 6.33. The van der Waals surface area contributed by atoms with Gasteiger partial charge < -0.3 is 9.84 Å². The smallest absolute Gasteiger partial charge is 0.334 e. The Labute approximate surface area is 79.4 Å². The molecule has 0 heterocycles. The van der Waals surface area contributed by atoms with E-state index in [0.29, 0.717) is 12.2 Å². The molecular weight excluding hydrogens is 168 g/mol. The van der Waals surface area contributed by atoms with Gasteiger partial charge in [0.2, 0.25) is 0 Å². The Morgan fingerprint density at radius 3 is 2.54 bits per heavy atom. The van der Waals surface area contributed by atoms with Gasteiger partial charge in [-0.2, -0.15) is 0 Å². The van der Waals surface area contributed by atoms with E-state index < -0.39 is 5.97 Å². The molecule has 3 nitrogen and oxygen atoms in total. The number of unbranched alkanes of at least 4 members (excludes halogenated alkanes) is 1. The van der Waals surface area contributed by atoms with E-state index in [4.69, 9.17) is 9.84 Å². The van der Waals surface area contributed by atoms with Crippen LogP contribution in [0.4, 0.5) is 0 Å². The summed E-state index contributed by atoms with van der Waals surface area (Å²) >= 11 is 0. The van der Waals surface area contributed by atoms with Crippen LogP contribution in [0.25, 0.3) is 0 Å². The van der Waals surface area contributed by atoms with E-state index in [2.05, 4.69) is 6.92 Å². The lowest BCUT2D eigenvalue weighted by atomic mass is 10.1. The van der Waals surface area contributed by atoms with Gasteiger partial charge in [-0.05, 0) is 12.3 Å². The van der Waals surface area contributed by atoms with Crippen LogP contribution < -0.4 is 0 Å². The van der Waals surface area contributed by atoms with Crippen LogP contribution in [0.15, 0.2) is 11.8 Å². The summed E-state index contributed by atoms with van der Waals surface area (Å²) in [5, 5.41) is 8.75. The second-order valence-corrected chi connectivity index (χ2v) is 3.26. The Balaban J connectivity index is 3.98. The van der Waals surface area contributed by atoms with Crippen LogP contribution in [-0.4, -0.2) is 17.7 Å². The molecular formula is C10H18O3. The monoisotopic (exact) mass is 186 g/mol. The molecule has 0 aliphatic carbocycles. The van der Waals surface area contributed by atoms with Crippen molar-refractivity contribution in [1.29, 1.82) is 0 Å². The maximum absolute atomic E-state index is 10.7. The summed E-state index contributed by atoms with van der Waals surface area (Å²) in [7, 11) is 0. The van der Waals surface area contributed by atoms with Gasteiger partial charge in [0.15, 0.2) is 0 Å². The number of hydrogen-bond donors (Lipinski definition) is 1. The van der Waals surface area contributed by atoms with Crippen molar-refractivity contribution < 1.29 is 14.6 Å². The van der Waals surface area contributed by atoms with Crippen molar-refractivity contribution in [2.45, 2.75) is 33.6 Å². The topological polar surface area (TPSA) is 46.5 Å². The first-order chi connectivity index (χ1) is 6.09. The summed E-state index contributed by atoms with van der Waals surface area (Å²) in [4.78, 5) is 10.7. The zero-order valence-corrected chi connectivity index (χ0v) is 8.54. The zero-order chi connectivity index (χ0) is 10.3. The molecule has 0 amide bonds. The molecule has 0 bridgehead atoms. The second-order valence-electron chi connectivity index (χ2n) is 3.26. The second kappa shape index (κ2) is 6.52. The summed E-state index contributed by atoms with van der Waals surface area (Å²) < 4.78 is 5.12. The van der Waals surface area contributed by atoms with E-state index >= 15 is 0 Å². The number of carboxylic acids is 1. The maximum Gasteiger partial charge on any atom is 0.334 e. The van der Waals surface area contributed by atoms with E-state index in [9.17, 15) is 4.79 Å². The Morgan fingerprint density at radius 2 is 2.15 bits per heavy atom. The standard InChI is InChI=1S/C10H18O3/c1-4-5-6-13-7-9(8(2)3)10(11)12/h7-8H,4-6H2,1-3H3,(H,11,12). The lowest BCUT2D eigenvalue weighted by Gasteiger charge is -2.06. The van der Waals surface area contributed by atoms with Gasteiger partial charge in [0.25, 0.3) is 0 Å². The van der Waals surface area contributed by atoms with Crippen molar-refractivity contribution in [1.82, 2.24) is 0 Å². The van der Waals surface area contributed by atoms with E-state index in [0.717, 1.165) is 12.8 Å². The molecule has 0 aromatic rings. The molecule has 0 saturated carbocycles. The van der Waals surface area contributed by atoms with E-state index in [1.165, 1.54) is 6.26 Å². The first-order valence-electron chi connectivity index (χ1n) is 4.64. The molecule has 0 spiro atoms. The molecule has 3 heteroatoms. The lowest BCUT2D eigenvalue weighted by Crippen LogP contribution is -2.07. The molecule has 0 aromatic carbocycles. The van der Waals surface area contributed by atoms with Crippen molar-refractivity contribution in [2.24, 2.45) is 5.92 Å². The van der Waals surface area contributed by atoms with Crippen molar-refractivity contribution in [3.05, 3.63) is 11.8 Å². The van der Waals surface area contributed by atoms with Gasteiger partial charge in [-0.15, -0.1) is 0 Å². The molecule has 0 fully saturated rings. The van der Waals surface area contributed by atoms with E-state index in [1.807, 2.05) is 13.8 Å². The predicted molar refractivity (Wildman–Crippen MR) is 51.4 cm³/mol. The third-order valence-corrected chi connectivity index (χ3v) is 1.70. The highest BCUT2D eigenvalue weighted by atomic mass is 16.5. The minimum Gasteiger partial charge on any atom is -0.501 e. The van der Waals surface area contributed by atoms with Crippen LogP contribution in [-0.2, 0) is 9.53 Å². The average molecular weight is 186 g/mol. The molecule has 0 atom stereocenters. The number of hydrogen-bond acceptors (Lipinski definition) is 2. The van der Waals surface area contributed by atoms with Gasteiger partial charge in [0, 0.05) is 0 Å².